The average molecular weight is 444 g/mol. The maximum Gasteiger partial charge on any atom is 0.290 e. The van der Waals surface area contributed by atoms with E-state index in [4.69, 9.17) is 0 Å². The fourth-order valence-corrected chi connectivity index (χ4v) is 2.88. The van der Waals surface area contributed by atoms with E-state index in [0.29, 0.717) is 6.54 Å². The van der Waals surface area contributed by atoms with Crippen molar-refractivity contribution in [1.82, 2.24) is 24.5 Å². The molecular weight excluding hydrogens is 414 g/mol. The van der Waals surface area contributed by atoms with Crippen molar-refractivity contribution in [2.24, 2.45) is 14.1 Å². The summed E-state index contributed by atoms with van der Waals surface area (Å²) in [4.78, 5) is 38.8. The fourth-order valence-electron chi connectivity index (χ4n) is 2.88. The van der Waals surface area contributed by atoms with Gasteiger partial charge < -0.3 is 20.6 Å². The Bertz CT molecular complexity index is 1190. The van der Waals surface area contributed by atoms with Gasteiger partial charge in [0.2, 0.25) is 0 Å². The van der Waals surface area contributed by atoms with Crippen LogP contribution in [-0.2, 0) is 20.6 Å². The molecule has 4 N–H and O–H groups in total. The summed E-state index contributed by atoms with van der Waals surface area (Å²) < 4.78 is 2.26. The van der Waals surface area contributed by atoms with Crippen molar-refractivity contribution < 1.29 is 9.90 Å². The van der Waals surface area contributed by atoms with Crippen molar-refractivity contribution in [3.8, 4) is 5.75 Å². The molecule has 11 nitrogen and oxygen atoms in total. The van der Waals surface area contributed by atoms with E-state index < -0.39 is 22.8 Å². The molecule has 32 heavy (non-hydrogen) atoms. The molecular formula is C21H29N7O4. The molecule has 0 aliphatic rings. The van der Waals surface area contributed by atoms with Gasteiger partial charge in [0.1, 0.15) is 11.4 Å². The lowest BCUT2D eigenvalue weighted by atomic mass is 10.2. The van der Waals surface area contributed by atoms with Gasteiger partial charge in [-0.2, -0.15) is 5.10 Å². The molecule has 0 bridgehead atoms. The van der Waals surface area contributed by atoms with Gasteiger partial charge in [0.25, 0.3) is 17.0 Å². The number of aromatic amines is 1. The second kappa shape index (κ2) is 10.3. The monoisotopic (exact) mass is 443 g/mol. The van der Waals surface area contributed by atoms with E-state index in [2.05, 4.69) is 20.8 Å². The van der Waals surface area contributed by atoms with Gasteiger partial charge in [-0.25, -0.2) is 0 Å². The van der Waals surface area contributed by atoms with E-state index in [-0.39, 0.29) is 22.9 Å². The van der Waals surface area contributed by atoms with Crippen LogP contribution in [0.3, 0.4) is 0 Å². The highest BCUT2D eigenvalue weighted by atomic mass is 16.3. The molecule has 0 saturated heterocycles. The maximum absolute atomic E-state index is 12.6. The smallest absolute Gasteiger partial charge is 0.290 e. The van der Waals surface area contributed by atoms with Crippen LogP contribution in [0.1, 0.15) is 29.9 Å². The van der Waals surface area contributed by atoms with E-state index in [9.17, 15) is 19.5 Å². The Labute approximate surface area is 185 Å². The summed E-state index contributed by atoms with van der Waals surface area (Å²) >= 11 is 0. The van der Waals surface area contributed by atoms with Crippen molar-refractivity contribution in [3.05, 3.63) is 62.3 Å². The second-order valence-corrected chi connectivity index (χ2v) is 6.89. The predicted octanol–water partition coefficient (Wildman–Crippen LogP) is 1.60. The standard InChI is InChI=1S/C19H23N7O4.C2H6/c1-24(2)19(30)14-15(27)16(22-25(14)3)21-12-13(18(29)26(4)23-17(12)28)20-10-11-8-6-5-7-9-11;1-2/h5-9,20,27H,10H2,1-4H3,(H,21,22)(H,23,28);1-2H3. The fraction of sp³-hybridized carbons (Fsp3) is 0.333. The number of rotatable bonds is 6. The summed E-state index contributed by atoms with van der Waals surface area (Å²) in [5.74, 6) is -1.01. The van der Waals surface area contributed by atoms with E-state index in [0.717, 1.165) is 10.2 Å². The topological polar surface area (TPSA) is 137 Å². The molecule has 1 aromatic carbocycles. The van der Waals surface area contributed by atoms with E-state index in [1.807, 2.05) is 44.2 Å². The van der Waals surface area contributed by atoms with E-state index in [1.54, 1.807) is 14.1 Å². The Hall–Kier alpha value is -4.02. The zero-order valence-electron chi connectivity index (χ0n) is 19.1. The number of hydrogen-bond acceptors (Lipinski definition) is 7. The van der Waals surface area contributed by atoms with Crippen LogP contribution in [0.5, 0.6) is 5.75 Å². The first-order valence-electron chi connectivity index (χ1n) is 10.1. The Morgan fingerprint density at radius 1 is 1.12 bits per heavy atom. The summed E-state index contributed by atoms with van der Waals surface area (Å²) in [6.45, 7) is 4.30. The Kier molecular flexibility index (Phi) is 7.83. The molecule has 0 atom stereocenters. The van der Waals surface area contributed by atoms with Crippen molar-refractivity contribution in [3.63, 3.8) is 0 Å². The molecule has 0 unspecified atom stereocenters. The number of H-pyrrole nitrogens is 1. The van der Waals surface area contributed by atoms with Crippen molar-refractivity contribution >= 4 is 23.1 Å². The van der Waals surface area contributed by atoms with Gasteiger partial charge in [-0.05, 0) is 5.56 Å². The highest BCUT2D eigenvalue weighted by Gasteiger charge is 2.25. The van der Waals surface area contributed by atoms with Crippen molar-refractivity contribution in [1.29, 1.82) is 0 Å². The number of amides is 1. The van der Waals surface area contributed by atoms with Gasteiger partial charge in [0, 0.05) is 34.7 Å². The highest BCUT2D eigenvalue weighted by molar-refractivity contribution is 5.97. The number of aryl methyl sites for hydroxylation is 2. The molecule has 0 spiro atoms. The summed E-state index contributed by atoms with van der Waals surface area (Å²) in [5.41, 5.74) is -0.333. The number of aromatic nitrogens is 4. The number of carbonyl (C=O) groups excluding carboxylic acids is 1. The number of nitrogens with one attached hydrogen (secondary N) is 3. The van der Waals surface area contributed by atoms with Crippen LogP contribution in [0.4, 0.5) is 17.2 Å². The Balaban J connectivity index is 0.00000176. The number of anilines is 3. The third-order valence-corrected chi connectivity index (χ3v) is 4.45. The molecule has 0 aliphatic heterocycles. The molecule has 1 amide bonds. The summed E-state index contributed by atoms with van der Waals surface area (Å²) in [7, 11) is 6.00. The first kappa shape index (κ1) is 24.3. The van der Waals surface area contributed by atoms with Gasteiger partial charge in [-0.15, -0.1) is 0 Å². The van der Waals surface area contributed by atoms with Crippen LogP contribution in [0.25, 0.3) is 0 Å². The lowest BCUT2D eigenvalue weighted by Gasteiger charge is -2.13. The lowest BCUT2D eigenvalue weighted by Crippen LogP contribution is -2.31. The largest absolute Gasteiger partial charge is 0.503 e. The zero-order chi connectivity index (χ0) is 24.0. The van der Waals surface area contributed by atoms with E-state index in [1.165, 1.54) is 23.7 Å². The first-order chi connectivity index (χ1) is 15.2. The minimum absolute atomic E-state index is 0.00985. The Morgan fingerprint density at radius 2 is 1.75 bits per heavy atom. The number of aromatic hydroxyl groups is 1. The van der Waals surface area contributed by atoms with Crippen molar-refractivity contribution in [2.45, 2.75) is 20.4 Å². The molecule has 2 heterocycles. The minimum Gasteiger partial charge on any atom is -0.503 e. The molecule has 3 aromatic rings. The van der Waals surface area contributed by atoms with Crippen LogP contribution in [0.15, 0.2) is 39.9 Å². The van der Waals surface area contributed by atoms with Gasteiger partial charge in [-0.1, -0.05) is 44.2 Å². The molecule has 0 radical (unpaired) electrons. The van der Waals surface area contributed by atoms with Crippen molar-refractivity contribution in [2.75, 3.05) is 24.7 Å². The van der Waals surface area contributed by atoms with Gasteiger partial charge in [0.05, 0.1) is 0 Å². The normalized spacial score (nSPS) is 10.2. The number of nitrogens with zero attached hydrogens (tertiary/aromatic N) is 4. The number of carbonyl (C=O) groups is 1. The average Bonchev–Trinajstić information content (AvgIpc) is 3.06. The van der Waals surface area contributed by atoms with Gasteiger partial charge >= 0.3 is 0 Å². The molecule has 0 aliphatic carbocycles. The summed E-state index contributed by atoms with van der Waals surface area (Å²) in [6, 6.07) is 9.35. The summed E-state index contributed by atoms with van der Waals surface area (Å²) in [5, 5.41) is 22.6. The molecule has 11 heteroatoms. The van der Waals surface area contributed by atoms with Crippen LogP contribution in [0, 0.1) is 0 Å². The van der Waals surface area contributed by atoms with Crippen LogP contribution in [-0.4, -0.2) is 49.6 Å². The maximum atomic E-state index is 12.6. The highest BCUT2D eigenvalue weighted by Crippen LogP contribution is 2.30. The Morgan fingerprint density at radius 3 is 2.34 bits per heavy atom. The SMILES string of the molecule is CC.CN(C)C(=O)c1c(O)c(Nc2c(NCc3ccccc3)c(=O)n(C)[nH]c2=O)nn1C. The van der Waals surface area contributed by atoms with E-state index >= 15 is 0 Å². The zero-order valence-corrected chi connectivity index (χ0v) is 19.1. The molecule has 0 saturated carbocycles. The van der Waals surface area contributed by atoms with Gasteiger partial charge in [0.15, 0.2) is 17.3 Å². The molecule has 0 fully saturated rings. The van der Waals surface area contributed by atoms with Crippen LogP contribution in [0.2, 0.25) is 0 Å². The first-order valence-corrected chi connectivity index (χ1v) is 10.1. The third-order valence-electron chi connectivity index (χ3n) is 4.45. The van der Waals surface area contributed by atoms with Gasteiger partial charge in [-0.3, -0.25) is 28.8 Å². The summed E-state index contributed by atoms with van der Waals surface area (Å²) in [6.07, 6.45) is 0. The number of hydrogen-bond donors (Lipinski definition) is 4. The quantitative estimate of drug-likeness (QED) is 0.454. The van der Waals surface area contributed by atoms with Crippen LogP contribution >= 0.6 is 0 Å². The minimum atomic E-state index is -0.599. The second-order valence-electron chi connectivity index (χ2n) is 6.89. The molecule has 172 valence electrons. The molecule has 2 aromatic heterocycles. The predicted molar refractivity (Wildman–Crippen MR) is 124 cm³/mol. The third kappa shape index (κ3) is 4.99. The number of benzene rings is 1. The molecule has 3 rings (SSSR count). The lowest BCUT2D eigenvalue weighted by molar-refractivity contribution is 0.0814. The van der Waals surface area contributed by atoms with Crippen LogP contribution < -0.4 is 21.8 Å².